The molecule has 0 unspecified atom stereocenters. The van der Waals surface area contributed by atoms with E-state index in [9.17, 15) is 13.2 Å². The van der Waals surface area contributed by atoms with Gasteiger partial charge in [0.1, 0.15) is 6.10 Å². The highest BCUT2D eigenvalue weighted by molar-refractivity contribution is 7.89. The molecule has 0 radical (unpaired) electrons. The first-order valence-electron chi connectivity index (χ1n) is 10.4. The Morgan fingerprint density at radius 1 is 1.04 bits per heavy atom. The van der Waals surface area contributed by atoms with Gasteiger partial charge in [0.15, 0.2) is 0 Å². The summed E-state index contributed by atoms with van der Waals surface area (Å²) >= 11 is 0. The molecular formula is C21H29NO5S. The molecule has 3 atom stereocenters. The summed E-state index contributed by atoms with van der Waals surface area (Å²) < 4.78 is 38.1. The number of hydrogen-bond acceptors (Lipinski definition) is 5. The van der Waals surface area contributed by atoms with Crippen LogP contribution in [0.5, 0.6) is 0 Å². The summed E-state index contributed by atoms with van der Waals surface area (Å²) in [6.07, 6.45) is 8.11. The van der Waals surface area contributed by atoms with E-state index >= 15 is 0 Å². The number of benzene rings is 1. The molecule has 3 aliphatic rings. The first kappa shape index (κ1) is 19.9. The normalized spacial score (nSPS) is 29.1. The summed E-state index contributed by atoms with van der Waals surface area (Å²) in [7, 11) is -3.62. The molecule has 7 heteroatoms. The van der Waals surface area contributed by atoms with Crippen molar-refractivity contribution in [2.45, 2.75) is 55.9 Å². The van der Waals surface area contributed by atoms with E-state index in [1.165, 1.54) is 42.1 Å². The van der Waals surface area contributed by atoms with E-state index in [2.05, 4.69) is 0 Å². The lowest BCUT2D eigenvalue weighted by atomic mass is 9.70. The molecule has 4 rings (SSSR count). The first-order chi connectivity index (χ1) is 13.5. The van der Waals surface area contributed by atoms with Crippen molar-refractivity contribution in [1.29, 1.82) is 0 Å². The summed E-state index contributed by atoms with van der Waals surface area (Å²) in [5.41, 5.74) is 0.306. The van der Waals surface area contributed by atoms with Crippen molar-refractivity contribution in [2.24, 2.45) is 11.8 Å². The summed E-state index contributed by atoms with van der Waals surface area (Å²) in [5, 5.41) is 0. The number of carbonyl (C=O) groups is 1. The summed E-state index contributed by atoms with van der Waals surface area (Å²) in [6, 6.07) is 6.23. The van der Waals surface area contributed by atoms with E-state index in [4.69, 9.17) is 9.47 Å². The van der Waals surface area contributed by atoms with Crippen LogP contribution in [0.25, 0.3) is 0 Å². The minimum Gasteiger partial charge on any atom is -0.459 e. The largest absolute Gasteiger partial charge is 0.459 e. The lowest BCUT2D eigenvalue weighted by Gasteiger charge is -2.38. The molecule has 1 heterocycles. The lowest BCUT2D eigenvalue weighted by molar-refractivity contribution is -0.000949. The molecule has 1 aromatic rings. The molecule has 2 aliphatic carbocycles. The third-order valence-electron chi connectivity index (χ3n) is 6.44. The second-order valence-electron chi connectivity index (χ2n) is 8.19. The monoisotopic (exact) mass is 407 g/mol. The van der Waals surface area contributed by atoms with Gasteiger partial charge in [-0.2, -0.15) is 4.31 Å². The number of esters is 1. The van der Waals surface area contributed by atoms with E-state index in [-0.39, 0.29) is 11.0 Å². The maximum Gasteiger partial charge on any atom is 0.338 e. The number of nitrogens with zero attached hydrogens (tertiary/aromatic N) is 1. The topological polar surface area (TPSA) is 72.9 Å². The fraction of sp³-hybridized carbons (Fsp3) is 0.667. The van der Waals surface area contributed by atoms with Crippen molar-refractivity contribution in [3.05, 3.63) is 29.8 Å². The van der Waals surface area contributed by atoms with Crippen LogP contribution in [0.2, 0.25) is 0 Å². The molecule has 0 N–H and O–H groups in total. The zero-order chi connectivity index (χ0) is 19.6. The molecule has 1 saturated heterocycles. The van der Waals surface area contributed by atoms with Gasteiger partial charge >= 0.3 is 5.97 Å². The van der Waals surface area contributed by atoms with Crippen LogP contribution in [0.1, 0.15) is 55.3 Å². The molecule has 28 heavy (non-hydrogen) atoms. The Balaban J connectivity index is 1.43. The van der Waals surface area contributed by atoms with Gasteiger partial charge in [-0.05, 0) is 49.3 Å². The van der Waals surface area contributed by atoms with Gasteiger partial charge in [0.2, 0.25) is 10.0 Å². The van der Waals surface area contributed by atoms with E-state index in [0.29, 0.717) is 37.8 Å². The zero-order valence-corrected chi connectivity index (χ0v) is 17.0. The van der Waals surface area contributed by atoms with E-state index in [1.54, 1.807) is 12.1 Å². The van der Waals surface area contributed by atoms with Crippen molar-refractivity contribution >= 4 is 16.0 Å². The van der Waals surface area contributed by atoms with Gasteiger partial charge in [-0.15, -0.1) is 0 Å². The molecule has 154 valence electrons. The van der Waals surface area contributed by atoms with Crippen LogP contribution in [0.3, 0.4) is 0 Å². The Labute approximate surface area is 167 Å². The van der Waals surface area contributed by atoms with Gasteiger partial charge in [-0.25, -0.2) is 13.2 Å². The first-order valence-corrected chi connectivity index (χ1v) is 11.9. The van der Waals surface area contributed by atoms with Gasteiger partial charge in [-0.3, -0.25) is 0 Å². The number of morpholine rings is 1. The maximum absolute atomic E-state index is 12.8. The van der Waals surface area contributed by atoms with Gasteiger partial charge < -0.3 is 9.47 Å². The number of sulfonamides is 1. The van der Waals surface area contributed by atoms with Crippen LogP contribution < -0.4 is 0 Å². The van der Waals surface area contributed by atoms with Crippen LogP contribution in [-0.2, 0) is 19.5 Å². The standard InChI is InChI=1S/C21H29NO5S/c23-21(27-19-9-8-16-4-1-2-5-17(16)14-19)18-6-3-7-20(15-18)28(24,25)22-10-12-26-13-11-22/h3,6-7,15-17,19H,1-2,4-5,8-14H2/t16-,17-,19+/m1/s1. The Morgan fingerprint density at radius 2 is 1.79 bits per heavy atom. The molecule has 0 aromatic heterocycles. The summed E-state index contributed by atoms with van der Waals surface area (Å²) in [5.74, 6) is 1.05. The summed E-state index contributed by atoms with van der Waals surface area (Å²) in [6.45, 7) is 1.46. The van der Waals surface area contributed by atoms with Gasteiger partial charge in [0, 0.05) is 13.1 Å². The number of hydrogen-bond donors (Lipinski definition) is 0. The average molecular weight is 408 g/mol. The molecule has 6 nitrogen and oxygen atoms in total. The molecule has 2 saturated carbocycles. The molecule has 1 aliphatic heterocycles. The molecule has 0 spiro atoms. The van der Waals surface area contributed by atoms with Gasteiger partial charge in [0.25, 0.3) is 0 Å². The Bertz CT molecular complexity index is 803. The van der Waals surface area contributed by atoms with Crippen LogP contribution in [0, 0.1) is 11.8 Å². The smallest absolute Gasteiger partial charge is 0.338 e. The number of carbonyl (C=O) groups excluding carboxylic acids is 1. The van der Waals surface area contributed by atoms with Crippen molar-refractivity contribution in [2.75, 3.05) is 26.3 Å². The number of rotatable bonds is 4. The minimum atomic E-state index is -3.62. The predicted molar refractivity (Wildman–Crippen MR) is 105 cm³/mol. The van der Waals surface area contributed by atoms with Crippen LogP contribution in [0.15, 0.2) is 29.2 Å². The molecule has 3 fully saturated rings. The van der Waals surface area contributed by atoms with Crippen molar-refractivity contribution in [3.63, 3.8) is 0 Å². The SMILES string of the molecule is O=C(O[C@H]1CC[C@H]2CCCC[C@@H]2C1)c1cccc(S(=O)(=O)N2CCOCC2)c1. The minimum absolute atomic E-state index is 0.0497. The quantitative estimate of drug-likeness (QED) is 0.717. The van der Waals surface area contributed by atoms with E-state index < -0.39 is 16.0 Å². The molecular weight excluding hydrogens is 378 g/mol. The zero-order valence-electron chi connectivity index (χ0n) is 16.2. The summed E-state index contributed by atoms with van der Waals surface area (Å²) in [4.78, 5) is 12.8. The van der Waals surface area contributed by atoms with Crippen LogP contribution >= 0.6 is 0 Å². The Kier molecular flexibility index (Phi) is 6.04. The third-order valence-corrected chi connectivity index (χ3v) is 8.34. The van der Waals surface area contributed by atoms with E-state index in [1.807, 2.05) is 0 Å². The van der Waals surface area contributed by atoms with Crippen molar-refractivity contribution in [3.8, 4) is 0 Å². The van der Waals surface area contributed by atoms with Crippen LogP contribution in [-0.4, -0.2) is 51.1 Å². The second-order valence-corrected chi connectivity index (χ2v) is 10.1. The van der Waals surface area contributed by atoms with Gasteiger partial charge in [-0.1, -0.05) is 31.7 Å². The Hall–Kier alpha value is -1.44. The molecule has 1 aromatic carbocycles. The number of ether oxygens (including phenoxy) is 2. The van der Waals surface area contributed by atoms with Crippen molar-refractivity contribution < 1.29 is 22.7 Å². The highest BCUT2D eigenvalue weighted by Crippen LogP contribution is 2.41. The second kappa shape index (κ2) is 8.51. The molecule has 0 amide bonds. The fourth-order valence-corrected chi connectivity index (χ4v) is 6.33. The van der Waals surface area contributed by atoms with E-state index in [0.717, 1.165) is 25.2 Å². The van der Waals surface area contributed by atoms with Crippen LogP contribution in [0.4, 0.5) is 0 Å². The predicted octanol–water partition coefficient (Wildman–Crippen LogP) is 3.22. The highest BCUT2D eigenvalue weighted by atomic mass is 32.2. The van der Waals surface area contributed by atoms with Gasteiger partial charge in [0.05, 0.1) is 23.7 Å². The molecule has 0 bridgehead atoms. The lowest BCUT2D eigenvalue weighted by Crippen LogP contribution is -2.40. The van der Waals surface area contributed by atoms with Crippen molar-refractivity contribution in [1.82, 2.24) is 4.31 Å². The average Bonchev–Trinajstić information content (AvgIpc) is 2.74. The highest BCUT2D eigenvalue weighted by Gasteiger charge is 2.34. The number of fused-ring (bicyclic) bond motifs is 1. The third kappa shape index (κ3) is 4.26. The fourth-order valence-electron chi connectivity index (χ4n) is 4.88. The Morgan fingerprint density at radius 3 is 2.57 bits per heavy atom. The maximum atomic E-state index is 12.8.